The van der Waals surface area contributed by atoms with Crippen molar-refractivity contribution in [3.63, 3.8) is 0 Å². The highest BCUT2D eigenvalue weighted by Crippen LogP contribution is 2.24. The maximum atomic E-state index is 11.3. The molecule has 89 valence electrons. The lowest BCUT2D eigenvalue weighted by Gasteiger charge is -2.10. The fourth-order valence-electron chi connectivity index (χ4n) is 1.62. The second-order valence-electron chi connectivity index (χ2n) is 4.03. The van der Waals surface area contributed by atoms with Crippen LogP contribution in [0.5, 0.6) is 11.5 Å². The summed E-state index contributed by atoms with van der Waals surface area (Å²) in [6, 6.07) is 17.1. The average molecular weight is 253 g/mol. The summed E-state index contributed by atoms with van der Waals surface area (Å²) in [4.78, 5) is 11.3. The highest BCUT2D eigenvalue weighted by molar-refractivity contribution is 6.24. The van der Waals surface area contributed by atoms with E-state index < -0.39 is 0 Å². The van der Waals surface area contributed by atoms with Crippen LogP contribution in [0.4, 0.5) is 0 Å². The molecule has 0 saturated carbocycles. The van der Waals surface area contributed by atoms with E-state index in [-0.39, 0.29) is 11.3 Å². The second-order valence-corrected chi connectivity index (χ2v) is 4.61. The minimum absolute atomic E-state index is 0.0727. The molecule has 2 nitrogen and oxygen atoms in total. The van der Waals surface area contributed by atoms with Crippen molar-refractivity contribution in [2.75, 3.05) is 0 Å². The first-order valence-electron chi connectivity index (χ1n) is 5.71. The molecule has 18 heavy (non-hydrogen) atoms. The van der Waals surface area contributed by atoms with E-state index in [4.69, 9.17) is 4.74 Å². The fourth-order valence-corrected chi connectivity index (χ4v) is 1.80. The van der Waals surface area contributed by atoms with Crippen LogP contribution in [0.15, 0.2) is 54.6 Å². The highest BCUT2D eigenvalue weighted by Gasteiger charge is 2.11. The molecule has 3 heteroatoms. The number of carbonyl (C=O) groups excluding carboxylic acids is 1. The number of para-hydroxylation sites is 1. The van der Waals surface area contributed by atoms with E-state index in [1.807, 2.05) is 54.6 Å². The monoisotopic (exact) mass is 253 g/mol. The highest BCUT2D eigenvalue weighted by atomic mass is 28.1. The lowest BCUT2D eigenvalue weighted by atomic mass is 10.1. The molecule has 0 spiro atoms. The van der Waals surface area contributed by atoms with E-state index in [0.717, 1.165) is 17.1 Å². The Morgan fingerprint density at radius 3 is 2.39 bits per heavy atom. The second kappa shape index (κ2) is 5.64. The van der Waals surface area contributed by atoms with Gasteiger partial charge in [-0.25, -0.2) is 0 Å². The normalized spacial score (nSPS) is 11.9. The Morgan fingerprint density at radius 2 is 1.72 bits per heavy atom. The molecule has 0 saturated heterocycles. The van der Waals surface area contributed by atoms with Crippen molar-refractivity contribution in [1.82, 2.24) is 0 Å². The van der Waals surface area contributed by atoms with Crippen molar-refractivity contribution < 1.29 is 9.53 Å². The summed E-state index contributed by atoms with van der Waals surface area (Å²) < 4.78 is 5.72. The molecular weight excluding hydrogens is 240 g/mol. The third kappa shape index (κ3) is 3.08. The molecule has 0 heterocycles. The van der Waals surface area contributed by atoms with Crippen LogP contribution in [0.25, 0.3) is 0 Å². The van der Waals surface area contributed by atoms with Gasteiger partial charge in [0, 0.05) is 15.8 Å². The van der Waals surface area contributed by atoms with E-state index in [1.54, 1.807) is 6.92 Å². The molecule has 0 fully saturated rings. The quantitative estimate of drug-likeness (QED) is 0.782. The van der Waals surface area contributed by atoms with Gasteiger partial charge in [0.25, 0.3) is 0 Å². The molecule has 0 aliphatic carbocycles. The summed E-state index contributed by atoms with van der Waals surface area (Å²) in [6.45, 7) is 1.56. The van der Waals surface area contributed by atoms with E-state index in [1.165, 1.54) is 0 Å². The van der Waals surface area contributed by atoms with Crippen LogP contribution in [0.3, 0.4) is 0 Å². The van der Waals surface area contributed by atoms with Gasteiger partial charge in [-0.1, -0.05) is 30.3 Å². The number of benzene rings is 2. The summed E-state index contributed by atoms with van der Waals surface area (Å²) in [5.74, 6) is 1.58. The van der Waals surface area contributed by atoms with Crippen LogP contribution in [0, 0.1) is 0 Å². The first kappa shape index (κ1) is 12.6. The van der Waals surface area contributed by atoms with Gasteiger partial charge < -0.3 is 4.74 Å². The molecule has 3 radical (unpaired) electrons. The molecule has 0 aromatic heterocycles. The van der Waals surface area contributed by atoms with E-state index in [9.17, 15) is 4.79 Å². The SMILES string of the molecule is CC(=O)C([Si])c1cccc(Oc2ccccc2)c1. The van der Waals surface area contributed by atoms with Crippen molar-refractivity contribution in [2.45, 2.75) is 12.5 Å². The Morgan fingerprint density at radius 1 is 1.06 bits per heavy atom. The van der Waals surface area contributed by atoms with Gasteiger partial charge in [-0.15, -0.1) is 0 Å². The predicted molar refractivity (Wildman–Crippen MR) is 72.1 cm³/mol. The number of ketones is 1. The Kier molecular flexibility index (Phi) is 3.94. The summed E-state index contributed by atoms with van der Waals surface area (Å²) >= 11 is 0. The molecular formula is C15H13O2Si. The van der Waals surface area contributed by atoms with Crippen molar-refractivity contribution in [3.8, 4) is 11.5 Å². The Bertz CT molecular complexity index is 537. The number of ether oxygens (including phenoxy) is 1. The molecule has 1 unspecified atom stereocenters. The fraction of sp³-hybridized carbons (Fsp3) is 0.133. The maximum Gasteiger partial charge on any atom is 0.133 e. The van der Waals surface area contributed by atoms with Gasteiger partial charge in [-0.2, -0.15) is 0 Å². The van der Waals surface area contributed by atoms with E-state index >= 15 is 0 Å². The van der Waals surface area contributed by atoms with Crippen molar-refractivity contribution >= 4 is 16.0 Å². The first-order valence-corrected chi connectivity index (χ1v) is 6.29. The zero-order valence-corrected chi connectivity index (χ0v) is 11.1. The van der Waals surface area contributed by atoms with Crippen LogP contribution < -0.4 is 4.74 Å². The minimum Gasteiger partial charge on any atom is -0.457 e. The molecule has 0 aliphatic heterocycles. The lowest BCUT2D eigenvalue weighted by molar-refractivity contribution is -0.116. The number of carbonyl (C=O) groups is 1. The molecule has 0 N–H and O–H groups in total. The number of Topliss-reactive ketones (excluding diaryl/α,β-unsaturated/α-hetero) is 1. The molecule has 0 bridgehead atoms. The largest absolute Gasteiger partial charge is 0.457 e. The Balaban J connectivity index is 2.20. The summed E-state index contributed by atoms with van der Waals surface area (Å²) in [6.07, 6.45) is 0. The Hall–Kier alpha value is -1.87. The zero-order valence-electron chi connectivity index (χ0n) is 10.1. The molecule has 2 aromatic carbocycles. The van der Waals surface area contributed by atoms with Crippen molar-refractivity contribution in [1.29, 1.82) is 0 Å². The van der Waals surface area contributed by atoms with Crippen LogP contribution in [0.1, 0.15) is 18.0 Å². The van der Waals surface area contributed by atoms with Crippen molar-refractivity contribution in [2.24, 2.45) is 0 Å². The van der Waals surface area contributed by atoms with E-state index in [2.05, 4.69) is 10.2 Å². The maximum absolute atomic E-state index is 11.3. The third-order valence-electron chi connectivity index (χ3n) is 2.58. The third-order valence-corrected chi connectivity index (χ3v) is 3.32. The number of hydrogen-bond acceptors (Lipinski definition) is 2. The van der Waals surface area contributed by atoms with Crippen LogP contribution in [-0.4, -0.2) is 16.0 Å². The van der Waals surface area contributed by atoms with Gasteiger partial charge in [-0.05, 0) is 36.8 Å². The Labute approximate surface area is 110 Å². The van der Waals surface area contributed by atoms with Gasteiger partial charge in [0.15, 0.2) is 0 Å². The molecule has 2 rings (SSSR count). The number of hydrogen-bond donors (Lipinski definition) is 0. The van der Waals surface area contributed by atoms with E-state index in [0.29, 0.717) is 0 Å². The van der Waals surface area contributed by atoms with Gasteiger partial charge in [0.1, 0.15) is 17.3 Å². The first-order chi connectivity index (χ1) is 8.66. The van der Waals surface area contributed by atoms with Gasteiger partial charge in [0.2, 0.25) is 0 Å². The molecule has 0 amide bonds. The number of rotatable bonds is 4. The van der Waals surface area contributed by atoms with Gasteiger partial charge in [-0.3, -0.25) is 4.79 Å². The van der Waals surface area contributed by atoms with Crippen LogP contribution in [-0.2, 0) is 4.79 Å². The predicted octanol–water partition coefficient (Wildman–Crippen LogP) is 3.28. The van der Waals surface area contributed by atoms with Crippen LogP contribution >= 0.6 is 0 Å². The summed E-state index contributed by atoms with van der Waals surface area (Å²) in [7, 11) is 3.42. The summed E-state index contributed by atoms with van der Waals surface area (Å²) in [5, 5.41) is 0. The molecule has 0 aliphatic rings. The molecule has 1 atom stereocenters. The smallest absolute Gasteiger partial charge is 0.133 e. The average Bonchev–Trinajstić information content (AvgIpc) is 2.39. The van der Waals surface area contributed by atoms with Gasteiger partial charge >= 0.3 is 0 Å². The molecule has 2 aromatic rings. The van der Waals surface area contributed by atoms with Gasteiger partial charge in [0.05, 0.1) is 0 Å². The standard InChI is InChI=1S/C15H13O2Si/c1-11(16)15(18)12-6-5-9-14(10-12)17-13-7-3-2-4-8-13/h2-10,15H,1H3. The van der Waals surface area contributed by atoms with Crippen molar-refractivity contribution in [3.05, 3.63) is 60.2 Å². The summed E-state index contributed by atoms with van der Waals surface area (Å²) in [5.41, 5.74) is 0.608. The van der Waals surface area contributed by atoms with Crippen LogP contribution in [0.2, 0.25) is 0 Å². The topological polar surface area (TPSA) is 26.3 Å². The minimum atomic E-state index is -0.288. The zero-order chi connectivity index (χ0) is 13.0. The lowest BCUT2D eigenvalue weighted by Crippen LogP contribution is -2.08.